The molecule has 24 heavy (non-hydrogen) atoms. The number of guanidine groups is 1. The van der Waals surface area contributed by atoms with Crippen LogP contribution in [-0.2, 0) is 6.42 Å². The maximum atomic E-state index is 5.46. The van der Waals surface area contributed by atoms with Crippen molar-refractivity contribution in [3.05, 3.63) is 17.7 Å². The van der Waals surface area contributed by atoms with Gasteiger partial charge in [0, 0.05) is 36.8 Å². The van der Waals surface area contributed by atoms with Gasteiger partial charge in [0.15, 0.2) is 5.96 Å². The zero-order chi connectivity index (χ0) is 17.2. The number of aliphatic imine (C=N–C) groups is 1. The third kappa shape index (κ3) is 7.02. The van der Waals surface area contributed by atoms with Gasteiger partial charge in [-0.3, -0.25) is 4.99 Å². The summed E-state index contributed by atoms with van der Waals surface area (Å²) in [6.45, 7) is 7.67. The minimum atomic E-state index is 0. The van der Waals surface area contributed by atoms with E-state index >= 15 is 0 Å². The normalized spacial score (nSPS) is 10.9. The van der Waals surface area contributed by atoms with Crippen molar-refractivity contribution in [3.8, 4) is 17.2 Å². The van der Waals surface area contributed by atoms with E-state index in [1.54, 1.807) is 21.3 Å². The van der Waals surface area contributed by atoms with Gasteiger partial charge >= 0.3 is 0 Å². The molecule has 0 aliphatic rings. The van der Waals surface area contributed by atoms with Crippen LogP contribution in [0.4, 0.5) is 0 Å². The minimum Gasteiger partial charge on any atom is -0.496 e. The van der Waals surface area contributed by atoms with Crippen molar-refractivity contribution < 1.29 is 14.2 Å². The zero-order valence-corrected chi connectivity index (χ0v) is 17.8. The minimum absolute atomic E-state index is 0. The SMILES string of the molecule is CCNC(=NCCc1c(OC)cc(OC)cc1OC)NC(C)C.I. The van der Waals surface area contributed by atoms with Crippen molar-refractivity contribution in [2.24, 2.45) is 4.99 Å². The molecule has 138 valence electrons. The number of nitrogens with zero attached hydrogens (tertiary/aromatic N) is 1. The van der Waals surface area contributed by atoms with Gasteiger partial charge in [-0.05, 0) is 27.2 Å². The van der Waals surface area contributed by atoms with E-state index in [2.05, 4.69) is 29.5 Å². The quantitative estimate of drug-likeness (QED) is 0.362. The number of rotatable bonds is 8. The van der Waals surface area contributed by atoms with Crippen LogP contribution in [0.25, 0.3) is 0 Å². The first kappa shape index (κ1) is 22.6. The van der Waals surface area contributed by atoms with Crippen LogP contribution in [-0.4, -0.2) is 46.4 Å². The van der Waals surface area contributed by atoms with Crippen LogP contribution in [0.1, 0.15) is 26.3 Å². The molecule has 0 heterocycles. The van der Waals surface area contributed by atoms with E-state index in [1.807, 2.05) is 19.1 Å². The molecule has 0 atom stereocenters. The fourth-order valence-electron chi connectivity index (χ4n) is 2.20. The van der Waals surface area contributed by atoms with E-state index in [1.165, 1.54) is 0 Å². The zero-order valence-electron chi connectivity index (χ0n) is 15.4. The Kier molecular flexibility index (Phi) is 11.4. The first-order valence-electron chi connectivity index (χ1n) is 7.89. The Morgan fingerprint density at radius 1 is 1.08 bits per heavy atom. The van der Waals surface area contributed by atoms with Gasteiger partial charge in [-0.25, -0.2) is 0 Å². The molecule has 1 aromatic rings. The molecule has 2 N–H and O–H groups in total. The van der Waals surface area contributed by atoms with Gasteiger partial charge in [0.25, 0.3) is 0 Å². The van der Waals surface area contributed by atoms with Crippen molar-refractivity contribution in [3.63, 3.8) is 0 Å². The van der Waals surface area contributed by atoms with Crippen LogP contribution in [0.3, 0.4) is 0 Å². The highest BCUT2D eigenvalue weighted by atomic mass is 127. The topological polar surface area (TPSA) is 64.1 Å². The highest BCUT2D eigenvalue weighted by molar-refractivity contribution is 14.0. The Balaban J connectivity index is 0.00000529. The number of methoxy groups -OCH3 is 3. The summed E-state index contributed by atoms with van der Waals surface area (Å²) < 4.78 is 16.2. The average Bonchev–Trinajstić information content (AvgIpc) is 2.54. The highest BCUT2D eigenvalue weighted by Gasteiger charge is 2.13. The molecule has 0 radical (unpaired) electrons. The second-order valence-corrected chi connectivity index (χ2v) is 5.32. The summed E-state index contributed by atoms with van der Waals surface area (Å²) >= 11 is 0. The summed E-state index contributed by atoms with van der Waals surface area (Å²) in [5, 5.41) is 6.53. The molecule has 0 unspecified atom stereocenters. The molecule has 0 aliphatic carbocycles. The van der Waals surface area contributed by atoms with Crippen LogP contribution in [0.15, 0.2) is 17.1 Å². The number of hydrogen-bond acceptors (Lipinski definition) is 4. The van der Waals surface area contributed by atoms with E-state index in [-0.39, 0.29) is 24.0 Å². The third-order valence-electron chi connectivity index (χ3n) is 3.22. The number of nitrogens with one attached hydrogen (secondary N) is 2. The van der Waals surface area contributed by atoms with Crippen molar-refractivity contribution in [2.75, 3.05) is 34.4 Å². The molecule has 0 saturated carbocycles. The van der Waals surface area contributed by atoms with Crippen molar-refractivity contribution in [1.29, 1.82) is 0 Å². The summed E-state index contributed by atoms with van der Waals surface area (Å²) in [7, 11) is 4.91. The number of halogens is 1. The van der Waals surface area contributed by atoms with Gasteiger partial charge in [0.2, 0.25) is 0 Å². The average molecular weight is 451 g/mol. The molecule has 0 amide bonds. The molecule has 1 rings (SSSR count). The summed E-state index contributed by atoms with van der Waals surface area (Å²) in [6, 6.07) is 4.05. The van der Waals surface area contributed by atoms with E-state index in [0.717, 1.165) is 29.6 Å². The second kappa shape index (κ2) is 12.0. The van der Waals surface area contributed by atoms with Gasteiger partial charge in [-0.1, -0.05) is 0 Å². The van der Waals surface area contributed by atoms with Gasteiger partial charge in [-0.2, -0.15) is 0 Å². The summed E-state index contributed by atoms with van der Waals surface area (Å²) in [4.78, 5) is 4.59. The first-order valence-corrected chi connectivity index (χ1v) is 7.89. The van der Waals surface area contributed by atoms with Crippen LogP contribution in [0, 0.1) is 0 Å². The molecule has 0 aromatic heterocycles. The molecule has 6 nitrogen and oxygen atoms in total. The smallest absolute Gasteiger partial charge is 0.191 e. The maximum absolute atomic E-state index is 5.46. The lowest BCUT2D eigenvalue weighted by atomic mass is 10.1. The van der Waals surface area contributed by atoms with Crippen LogP contribution >= 0.6 is 24.0 Å². The fraction of sp³-hybridized carbons (Fsp3) is 0.588. The predicted octanol–water partition coefficient (Wildman–Crippen LogP) is 2.84. The van der Waals surface area contributed by atoms with E-state index in [9.17, 15) is 0 Å². The molecular formula is C17H30IN3O3. The lowest BCUT2D eigenvalue weighted by molar-refractivity contribution is 0.369. The van der Waals surface area contributed by atoms with Crippen LogP contribution in [0.2, 0.25) is 0 Å². The van der Waals surface area contributed by atoms with Crippen LogP contribution in [0.5, 0.6) is 17.2 Å². The summed E-state index contributed by atoms with van der Waals surface area (Å²) in [5.74, 6) is 3.02. The Morgan fingerprint density at radius 3 is 2.08 bits per heavy atom. The lowest BCUT2D eigenvalue weighted by Crippen LogP contribution is -2.41. The Hall–Kier alpha value is -1.38. The third-order valence-corrected chi connectivity index (χ3v) is 3.22. The van der Waals surface area contributed by atoms with Crippen LogP contribution < -0.4 is 24.8 Å². The Bertz CT molecular complexity index is 497. The Morgan fingerprint density at radius 2 is 1.67 bits per heavy atom. The van der Waals surface area contributed by atoms with Gasteiger partial charge < -0.3 is 24.8 Å². The van der Waals surface area contributed by atoms with Crippen molar-refractivity contribution in [2.45, 2.75) is 33.2 Å². The molecule has 1 aromatic carbocycles. The van der Waals surface area contributed by atoms with E-state index in [0.29, 0.717) is 24.8 Å². The fourth-order valence-corrected chi connectivity index (χ4v) is 2.20. The maximum Gasteiger partial charge on any atom is 0.191 e. The van der Waals surface area contributed by atoms with Crippen molar-refractivity contribution >= 4 is 29.9 Å². The molecule has 0 aliphatic heterocycles. The monoisotopic (exact) mass is 451 g/mol. The van der Waals surface area contributed by atoms with Crippen molar-refractivity contribution in [1.82, 2.24) is 10.6 Å². The van der Waals surface area contributed by atoms with Gasteiger partial charge in [0.1, 0.15) is 17.2 Å². The largest absolute Gasteiger partial charge is 0.496 e. The Labute approximate surface area is 162 Å². The van der Waals surface area contributed by atoms with E-state index in [4.69, 9.17) is 14.2 Å². The molecule has 7 heteroatoms. The molecule has 0 saturated heterocycles. The molecule has 0 fully saturated rings. The van der Waals surface area contributed by atoms with E-state index < -0.39 is 0 Å². The van der Waals surface area contributed by atoms with Gasteiger partial charge in [-0.15, -0.1) is 24.0 Å². The summed E-state index contributed by atoms with van der Waals surface area (Å²) in [6.07, 6.45) is 0.713. The molecular weight excluding hydrogens is 421 g/mol. The predicted molar refractivity (Wildman–Crippen MR) is 109 cm³/mol. The number of ether oxygens (including phenoxy) is 3. The number of benzene rings is 1. The standard InChI is InChI=1S/C17H29N3O3.HI/c1-7-18-17(20-12(2)3)19-9-8-14-15(22-5)10-13(21-4)11-16(14)23-6;/h10-12H,7-9H2,1-6H3,(H2,18,19,20);1H. The molecule has 0 spiro atoms. The highest BCUT2D eigenvalue weighted by Crippen LogP contribution is 2.34. The summed E-state index contributed by atoms with van der Waals surface area (Å²) in [5.41, 5.74) is 0.986. The second-order valence-electron chi connectivity index (χ2n) is 5.32. The molecule has 0 bridgehead atoms. The van der Waals surface area contributed by atoms with Gasteiger partial charge in [0.05, 0.1) is 21.3 Å². The lowest BCUT2D eigenvalue weighted by Gasteiger charge is -2.16. The first-order chi connectivity index (χ1) is 11.0. The number of hydrogen-bond donors (Lipinski definition) is 2.